The normalized spacial score (nSPS) is 10.4. The van der Waals surface area contributed by atoms with Crippen LogP contribution in [0.2, 0.25) is 0 Å². The second-order valence-corrected chi connectivity index (χ2v) is 4.26. The number of ether oxygens (including phenoxy) is 2. The number of nitrogens with zero attached hydrogens (tertiary/aromatic N) is 1. The van der Waals surface area contributed by atoms with Crippen LogP contribution in [-0.4, -0.2) is 30.1 Å². The number of benzene rings is 1. The minimum atomic E-state index is -1.45. The van der Waals surface area contributed by atoms with Crippen molar-refractivity contribution in [2.24, 2.45) is 5.92 Å². The lowest BCUT2D eigenvalue weighted by atomic mass is 9.97. The van der Waals surface area contributed by atoms with Crippen LogP contribution in [0.1, 0.15) is 19.4 Å². The number of hydrogen-bond acceptors (Lipinski definition) is 6. The molecule has 0 N–H and O–H groups in total. The molecular formula is C14H16FNO6. The molecule has 22 heavy (non-hydrogen) atoms. The highest BCUT2D eigenvalue weighted by molar-refractivity contribution is 5.95. The Kier molecular flexibility index (Phi) is 6.43. The van der Waals surface area contributed by atoms with Gasteiger partial charge in [-0.15, -0.1) is 0 Å². The van der Waals surface area contributed by atoms with E-state index in [1.807, 2.05) is 0 Å². The Bertz CT molecular complexity index is 556. The Morgan fingerprint density at radius 3 is 2.23 bits per heavy atom. The molecule has 0 heterocycles. The molecule has 8 heteroatoms. The fourth-order valence-electron chi connectivity index (χ4n) is 1.87. The van der Waals surface area contributed by atoms with Crippen LogP contribution in [0.4, 0.5) is 10.1 Å². The first-order valence-electron chi connectivity index (χ1n) is 6.67. The zero-order valence-corrected chi connectivity index (χ0v) is 12.2. The summed E-state index contributed by atoms with van der Waals surface area (Å²) in [5.74, 6) is -4.12. The highest BCUT2D eigenvalue weighted by Crippen LogP contribution is 2.25. The monoisotopic (exact) mass is 313 g/mol. The first-order valence-corrected chi connectivity index (χ1v) is 6.67. The molecule has 0 aliphatic rings. The Balaban J connectivity index is 3.16. The van der Waals surface area contributed by atoms with Gasteiger partial charge in [0.05, 0.1) is 23.7 Å². The Morgan fingerprint density at radius 2 is 1.77 bits per heavy atom. The van der Waals surface area contributed by atoms with E-state index in [0.717, 1.165) is 12.1 Å². The van der Waals surface area contributed by atoms with Gasteiger partial charge < -0.3 is 9.47 Å². The van der Waals surface area contributed by atoms with E-state index in [9.17, 15) is 24.1 Å². The lowest BCUT2D eigenvalue weighted by molar-refractivity contribution is -0.385. The predicted molar refractivity (Wildman–Crippen MR) is 73.5 cm³/mol. The van der Waals surface area contributed by atoms with Crippen LogP contribution in [0.25, 0.3) is 0 Å². The summed E-state index contributed by atoms with van der Waals surface area (Å²) in [5.41, 5.74) is -0.836. The molecule has 0 fully saturated rings. The van der Waals surface area contributed by atoms with E-state index in [1.165, 1.54) is 6.07 Å². The van der Waals surface area contributed by atoms with Crippen molar-refractivity contribution in [2.45, 2.75) is 20.3 Å². The van der Waals surface area contributed by atoms with Crippen molar-refractivity contribution in [1.82, 2.24) is 0 Å². The van der Waals surface area contributed by atoms with Gasteiger partial charge in [-0.2, -0.15) is 0 Å². The van der Waals surface area contributed by atoms with Crippen LogP contribution in [0.5, 0.6) is 0 Å². The van der Waals surface area contributed by atoms with Gasteiger partial charge >= 0.3 is 11.9 Å². The highest BCUT2D eigenvalue weighted by atomic mass is 19.1. The molecule has 0 saturated carbocycles. The number of hydrogen-bond donors (Lipinski definition) is 0. The molecule has 120 valence electrons. The fourth-order valence-corrected chi connectivity index (χ4v) is 1.87. The maximum Gasteiger partial charge on any atom is 0.320 e. The van der Waals surface area contributed by atoms with Gasteiger partial charge in [-0.05, 0) is 19.9 Å². The van der Waals surface area contributed by atoms with E-state index in [2.05, 4.69) is 0 Å². The molecule has 1 aromatic rings. The number of carbonyl (C=O) groups is 2. The summed E-state index contributed by atoms with van der Waals surface area (Å²) in [7, 11) is 0. The first kappa shape index (κ1) is 17.5. The summed E-state index contributed by atoms with van der Waals surface area (Å²) in [4.78, 5) is 33.9. The van der Waals surface area contributed by atoms with Crippen LogP contribution in [0.3, 0.4) is 0 Å². The largest absolute Gasteiger partial charge is 0.465 e. The van der Waals surface area contributed by atoms with Crippen molar-refractivity contribution in [3.8, 4) is 0 Å². The Labute approximate surface area is 126 Å². The van der Waals surface area contributed by atoms with Crippen LogP contribution in [0.15, 0.2) is 18.2 Å². The van der Waals surface area contributed by atoms with Crippen molar-refractivity contribution in [3.05, 3.63) is 39.7 Å². The van der Waals surface area contributed by atoms with E-state index < -0.39 is 40.7 Å². The summed E-state index contributed by atoms with van der Waals surface area (Å²) in [6.07, 6.45) is -0.499. The van der Waals surface area contributed by atoms with E-state index >= 15 is 0 Å². The van der Waals surface area contributed by atoms with Crippen LogP contribution in [-0.2, 0) is 25.5 Å². The molecule has 1 aromatic carbocycles. The van der Waals surface area contributed by atoms with Gasteiger partial charge in [-0.1, -0.05) is 6.07 Å². The molecule has 0 aliphatic carbocycles. The van der Waals surface area contributed by atoms with Crippen LogP contribution >= 0.6 is 0 Å². The number of esters is 2. The van der Waals surface area contributed by atoms with Crippen molar-refractivity contribution >= 4 is 17.6 Å². The van der Waals surface area contributed by atoms with Gasteiger partial charge in [0.1, 0.15) is 5.82 Å². The molecular weight excluding hydrogens is 297 g/mol. The molecule has 0 amide bonds. The molecule has 1 rings (SSSR count). The van der Waals surface area contributed by atoms with Gasteiger partial charge in [-0.25, -0.2) is 4.39 Å². The van der Waals surface area contributed by atoms with Crippen LogP contribution < -0.4 is 0 Å². The van der Waals surface area contributed by atoms with E-state index in [4.69, 9.17) is 9.47 Å². The summed E-state index contributed by atoms with van der Waals surface area (Å²) >= 11 is 0. The zero-order chi connectivity index (χ0) is 16.7. The molecule has 0 bridgehead atoms. The zero-order valence-electron chi connectivity index (χ0n) is 12.2. The number of halogens is 1. The minimum absolute atomic E-state index is 0.0219. The third kappa shape index (κ3) is 4.24. The SMILES string of the molecule is CCOC(=O)C(Cc1c(F)cccc1[N+](=O)[O-])C(=O)OCC. The van der Waals surface area contributed by atoms with E-state index in [-0.39, 0.29) is 18.8 Å². The number of rotatable bonds is 7. The molecule has 0 spiro atoms. The van der Waals surface area contributed by atoms with Crippen molar-refractivity contribution in [2.75, 3.05) is 13.2 Å². The minimum Gasteiger partial charge on any atom is -0.465 e. The topological polar surface area (TPSA) is 95.7 Å². The van der Waals surface area contributed by atoms with Gasteiger partial charge in [0.2, 0.25) is 0 Å². The predicted octanol–water partition coefficient (Wildman–Crippen LogP) is 2.02. The smallest absolute Gasteiger partial charge is 0.320 e. The molecule has 0 unspecified atom stereocenters. The summed E-state index contributed by atoms with van der Waals surface area (Å²) in [5, 5.41) is 11.0. The van der Waals surface area contributed by atoms with Crippen molar-refractivity contribution < 1.29 is 28.4 Å². The molecule has 0 saturated heterocycles. The average molecular weight is 313 g/mol. The summed E-state index contributed by atoms with van der Waals surface area (Å²) in [6.45, 7) is 3.14. The maximum atomic E-state index is 13.9. The summed E-state index contributed by atoms with van der Waals surface area (Å²) in [6, 6.07) is 3.31. The highest BCUT2D eigenvalue weighted by Gasteiger charge is 2.33. The Hall–Kier alpha value is -2.51. The molecule has 0 atom stereocenters. The first-order chi connectivity index (χ1) is 10.4. The lowest BCUT2D eigenvalue weighted by Crippen LogP contribution is -2.30. The van der Waals surface area contributed by atoms with Gasteiger partial charge in [0.25, 0.3) is 5.69 Å². The Morgan fingerprint density at radius 1 is 1.23 bits per heavy atom. The maximum absolute atomic E-state index is 13.9. The van der Waals surface area contributed by atoms with Crippen LogP contribution in [0, 0.1) is 21.8 Å². The van der Waals surface area contributed by atoms with Gasteiger partial charge in [-0.3, -0.25) is 19.7 Å². The number of carbonyl (C=O) groups excluding carboxylic acids is 2. The van der Waals surface area contributed by atoms with E-state index in [0.29, 0.717) is 0 Å². The summed E-state index contributed by atoms with van der Waals surface area (Å²) < 4.78 is 23.4. The van der Waals surface area contributed by atoms with Crippen molar-refractivity contribution in [1.29, 1.82) is 0 Å². The molecule has 0 radical (unpaired) electrons. The molecule has 0 aliphatic heterocycles. The quantitative estimate of drug-likeness (QED) is 0.331. The third-order valence-corrected chi connectivity index (χ3v) is 2.84. The van der Waals surface area contributed by atoms with Gasteiger partial charge in [0, 0.05) is 12.5 Å². The average Bonchev–Trinajstić information content (AvgIpc) is 2.45. The number of nitro benzene ring substituents is 1. The third-order valence-electron chi connectivity index (χ3n) is 2.84. The van der Waals surface area contributed by atoms with Crippen molar-refractivity contribution in [3.63, 3.8) is 0 Å². The second kappa shape index (κ2) is 8.06. The molecule has 0 aromatic heterocycles. The van der Waals surface area contributed by atoms with E-state index in [1.54, 1.807) is 13.8 Å². The second-order valence-electron chi connectivity index (χ2n) is 4.26. The molecule has 7 nitrogen and oxygen atoms in total. The standard InChI is InChI=1S/C14H16FNO6/c1-3-21-13(17)10(14(18)22-4-2)8-9-11(15)6-5-7-12(9)16(19)20/h5-7,10H,3-4,8H2,1-2H3. The lowest BCUT2D eigenvalue weighted by Gasteiger charge is -2.14. The fraction of sp³-hybridized carbons (Fsp3) is 0.429. The van der Waals surface area contributed by atoms with Gasteiger partial charge in [0.15, 0.2) is 5.92 Å². The number of nitro groups is 1.